The van der Waals surface area contributed by atoms with Crippen molar-refractivity contribution in [3.63, 3.8) is 0 Å². The van der Waals surface area contributed by atoms with Gasteiger partial charge in [0.15, 0.2) is 5.76 Å². The van der Waals surface area contributed by atoms with Gasteiger partial charge in [-0.2, -0.15) is 0 Å². The van der Waals surface area contributed by atoms with Crippen LogP contribution in [-0.4, -0.2) is 41.3 Å². The highest BCUT2D eigenvalue weighted by atomic mass is 16.6. The number of carbonyl (C=O) groups excluding carboxylic acids is 1. The Kier molecular flexibility index (Phi) is 5.00. The largest absolute Gasteiger partial charge is 0.459 e. The predicted molar refractivity (Wildman–Crippen MR) is 76.5 cm³/mol. The molecule has 0 amide bonds. The van der Waals surface area contributed by atoms with Crippen molar-refractivity contribution in [2.75, 3.05) is 13.7 Å². The Hall–Kier alpha value is -1.40. The van der Waals surface area contributed by atoms with E-state index in [-0.39, 0.29) is 12.0 Å². The zero-order valence-corrected chi connectivity index (χ0v) is 13.2. The molecule has 1 fully saturated rings. The van der Waals surface area contributed by atoms with Crippen LogP contribution in [0.3, 0.4) is 0 Å². The summed E-state index contributed by atoms with van der Waals surface area (Å²) < 4.78 is 15.7. The molecule has 0 radical (unpaired) electrons. The summed E-state index contributed by atoms with van der Waals surface area (Å²) >= 11 is 0. The number of aromatic nitrogens is 1. The third-order valence-electron chi connectivity index (χ3n) is 3.30. The SMILES string of the molecule is COCc1cc(CN2CCC[C@H]2C(=O)OC(C)(C)C)no1. The number of esters is 1. The van der Waals surface area contributed by atoms with E-state index in [1.165, 1.54) is 0 Å². The molecule has 1 aliphatic rings. The normalized spacial score (nSPS) is 19.9. The first-order valence-corrected chi connectivity index (χ1v) is 7.29. The van der Waals surface area contributed by atoms with Crippen molar-refractivity contribution in [1.82, 2.24) is 10.1 Å². The second-order valence-corrected chi connectivity index (χ2v) is 6.38. The molecule has 1 aliphatic heterocycles. The molecule has 6 heteroatoms. The second-order valence-electron chi connectivity index (χ2n) is 6.38. The van der Waals surface area contributed by atoms with Gasteiger partial charge in [-0.1, -0.05) is 5.16 Å². The summed E-state index contributed by atoms with van der Waals surface area (Å²) in [6.45, 7) is 7.53. The van der Waals surface area contributed by atoms with Gasteiger partial charge < -0.3 is 14.0 Å². The Balaban J connectivity index is 1.96. The Morgan fingerprint density at radius 2 is 2.29 bits per heavy atom. The van der Waals surface area contributed by atoms with Crippen molar-refractivity contribution < 1.29 is 18.8 Å². The minimum absolute atomic E-state index is 0.152. The maximum atomic E-state index is 12.2. The number of methoxy groups -OCH3 is 1. The first-order chi connectivity index (χ1) is 9.89. The van der Waals surface area contributed by atoms with E-state index in [4.69, 9.17) is 14.0 Å². The van der Waals surface area contributed by atoms with Crippen LogP contribution in [0.4, 0.5) is 0 Å². The lowest BCUT2D eigenvalue weighted by atomic mass is 10.1. The summed E-state index contributed by atoms with van der Waals surface area (Å²) in [5, 5.41) is 4.02. The molecule has 1 aromatic rings. The molecule has 0 unspecified atom stereocenters. The van der Waals surface area contributed by atoms with Crippen LogP contribution in [0.5, 0.6) is 0 Å². The molecule has 1 atom stereocenters. The van der Waals surface area contributed by atoms with Crippen LogP contribution in [0.2, 0.25) is 0 Å². The number of likely N-dealkylation sites (tertiary alicyclic amines) is 1. The van der Waals surface area contributed by atoms with Gasteiger partial charge in [0.1, 0.15) is 18.2 Å². The average Bonchev–Trinajstić information content (AvgIpc) is 2.97. The van der Waals surface area contributed by atoms with Gasteiger partial charge in [0.2, 0.25) is 0 Å². The minimum atomic E-state index is -0.454. The van der Waals surface area contributed by atoms with Gasteiger partial charge >= 0.3 is 5.97 Å². The molecule has 6 nitrogen and oxygen atoms in total. The molecule has 1 aromatic heterocycles. The van der Waals surface area contributed by atoms with Gasteiger partial charge in [-0.15, -0.1) is 0 Å². The van der Waals surface area contributed by atoms with Crippen LogP contribution < -0.4 is 0 Å². The molecule has 2 heterocycles. The maximum absolute atomic E-state index is 12.2. The van der Waals surface area contributed by atoms with Gasteiger partial charge in [0.05, 0.1) is 5.69 Å². The predicted octanol–water partition coefficient (Wildman–Crippen LogP) is 2.13. The molecule has 0 spiro atoms. The van der Waals surface area contributed by atoms with Gasteiger partial charge in [0.25, 0.3) is 0 Å². The Bertz CT molecular complexity index is 478. The van der Waals surface area contributed by atoms with Crippen molar-refractivity contribution in [2.24, 2.45) is 0 Å². The van der Waals surface area contributed by atoms with Crippen molar-refractivity contribution in [3.8, 4) is 0 Å². The maximum Gasteiger partial charge on any atom is 0.323 e. The number of rotatable bonds is 5. The minimum Gasteiger partial charge on any atom is -0.459 e. The first-order valence-electron chi connectivity index (χ1n) is 7.29. The highest BCUT2D eigenvalue weighted by molar-refractivity contribution is 5.76. The number of hydrogen-bond acceptors (Lipinski definition) is 6. The Labute approximate surface area is 125 Å². The monoisotopic (exact) mass is 296 g/mol. The van der Waals surface area contributed by atoms with Crippen molar-refractivity contribution >= 4 is 5.97 Å². The number of carbonyl (C=O) groups is 1. The van der Waals surface area contributed by atoms with Crippen molar-refractivity contribution in [1.29, 1.82) is 0 Å². The summed E-state index contributed by atoms with van der Waals surface area (Å²) in [5.74, 6) is 0.543. The molecule has 0 aromatic carbocycles. The number of nitrogens with zero attached hydrogens (tertiary/aromatic N) is 2. The van der Waals surface area contributed by atoms with Crippen LogP contribution >= 0.6 is 0 Å². The molecule has 0 N–H and O–H groups in total. The van der Waals surface area contributed by atoms with Crippen LogP contribution in [-0.2, 0) is 27.4 Å². The first kappa shape index (κ1) is 16.0. The third kappa shape index (κ3) is 4.54. The van der Waals surface area contributed by atoms with E-state index < -0.39 is 5.60 Å². The topological polar surface area (TPSA) is 64.8 Å². The lowest BCUT2D eigenvalue weighted by Crippen LogP contribution is -2.40. The van der Waals surface area contributed by atoms with Gasteiger partial charge in [-0.25, -0.2) is 0 Å². The van der Waals surface area contributed by atoms with Gasteiger partial charge in [0, 0.05) is 19.7 Å². The second kappa shape index (κ2) is 6.58. The Morgan fingerprint density at radius 3 is 2.95 bits per heavy atom. The lowest BCUT2D eigenvalue weighted by molar-refractivity contribution is -0.160. The summed E-state index contributed by atoms with van der Waals surface area (Å²) in [4.78, 5) is 14.3. The fraction of sp³-hybridized carbons (Fsp3) is 0.733. The van der Waals surface area contributed by atoms with Crippen LogP contribution in [0.1, 0.15) is 45.1 Å². The van der Waals surface area contributed by atoms with E-state index in [0.717, 1.165) is 25.1 Å². The summed E-state index contributed by atoms with van der Waals surface area (Å²) in [5.41, 5.74) is 0.364. The lowest BCUT2D eigenvalue weighted by Gasteiger charge is -2.26. The average molecular weight is 296 g/mol. The molecule has 0 bridgehead atoms. The zero-order valence-electron chi connectivity index (χ0n) is 13.2. The summed E-state index contributed by atoms with van der Waals surface area (Å²) in [6.07, 6.45) is 1.82. The van der Waals surface area contributed by atoms with Crippen LogP contribution in [0.25, 0.3) is 0 Å². The smallest absolute Gasteiger partial charge is 0.323 e. The van der Waals surface area contributed by atoms with E-state index in [9.17, 15) is 4.79 Å². The fourth-order valence-electron chi connectivity index (χ4n) is 2.50. The molecular formula is C15H24N2O4. The molecule has 2 rings (SSSR count). The van der Waals surface area contributed by atoms with Gasteiger partial charge in [-0.05, 0) is 40.2 Å². The third-order valence-corrected chi connectivity index (χ3v) is 3.30. The summed E-state index contributed by atoms with van der Waals surface area (Å²) in [7, 11) is 1.61. The van der Waals surface area contributed by atoms with E-state index in [0.29, 0.717) is 18.9 Å². The van der Waals surface area contributed by atoms with Gasteiger partial charge in [-0.3, -0.25) is 9.69 Å². The fourth-order valence-corrected chi connectivity index (χ4v) is 2.50. The van der Waals surface area contributed by atoms with E-state index in [2.05, 4.69) is 10.1 Å². The molecular weight excluding hydrogens is 272 g/mol. The highest BCUT2D eigenvalue weighted by Crippen LogP contribution is 2.23. The van der Waals surface area contributed by atoms with E-state index in [1.807, 2.05) is 26.8 Å². The van der Waals surface area contributed by atoms with Crippen LogP contribution in [0, 0.1) is 0 Å². The van der Waals surface area contributed by atoms with E-state index in [1.54, 1.807) is 7.11 Å². The molecule has 0 aliphatic carbocycles. The number of hydrogen-bond donors (Lipinski definition) is 0. The van der Waals surface area contributed by atoms with E-state index >= 15 is 0 Å². The van der Waals surface area contributed by atoms with Crippen molar-refractivity contribution in [3.05, 3.63) is 17.5 Å². The molecule has 0 saturated carbocycles. The highest BCUT2D eigenvalue weighted by Gasteiger charge is 2.34. The van der Waals surface area contributed by atoms with Crippen molar-refractivity contribution in [2.45, 2.75) is 58.4 Å². The number of ether oxygens (including phenoxy) is 2. The molecule has 118 valence electrons. The molecule has 21 heavy (non-hydrogen) atoms. The van der Waals surface area contributed by atoms with Crippen LogP contribution in [0.15, 0.2) is 10.6 Å². The standard InChI is InChI=1S/C15H24N2O4/c1-15(2,3)20-14(18)13-6-5-7-17(13)9-11-8-12(10-19-4)21-16-11/h8,13H,5-7,9-10H2,1-4H3/t13-/m0/s1. The zero-order chi connectivity index (χ0) is 15.5. The Morgan fingerprint density at radius 1 is 1.52 bits per heavy atom. The molecule has 1 saturated heterocycles. The summed E-state index contributed by atoms with van der Waals surface area (Å²) in [6, 6.07) is 1.68. The quantitative estimate of drug-likeness (QED) is 0.776.